The molecule has 0 bridgehead atoms. The predicted octanol–water partition coefficient (Wildman–Crippen LogP) is 2.44. The summed E-state index contributed by atoms with van der Waals surface area (Å²) in [6, 6.07) is 0. The van der Waals surface area contributed by atoms with Crippen LogP contribution >= 0.6 is 0 Å². The number of hydrogen-bond acceptors (Lipinski definition) is 3. The first-order valence-corrected chi connectivity index (χ1v) is 5.66. The molecule has 0 aromatic rings. The van der Waals surface area contributed by atoms with Gasteiger partial charge in [0.05, 0.1) is 12.1 Å². The number of carboxylic acid groups (broad SMARTS) is 1. The number of carboxylic acids is 1. The summed E-state index contributed by atoms with van der Waals surface area (Å²) < 4.78 is 5.13. The molecule has 0 aromatic heterocycles. The molecule has 0 spiro atoms. The van der Waals surface area contributed by atoms with Crippen molar-refractivity contribution in [3.63, 3.8) is 0 Å². The third-order valence-electron chi connectivity index (χ3n) is 1.88. The Morgan fingerprint density at radius 1 is 1.33 bits per heavy atom. The van der Waals surface area contributed by atoms with Crippen LogP contribution in [0.4, 0.5) is 4.79 Å². The van der Waals surface area contributed by atoms with Crippen LogP contribution in [0.25, 0.3) is 0 Å². The van der Waals surface area contributed by atoms with E-state index in [1.807, 2.05) is 0 Å². The minimum atomic E-state index is -1.05. The predicted molar refractivity (Wildman–Crippen MR) is 69.4 cm³/mol. The Kier molecular flexibility index (Phi) is 6.16. The minimum absolute atomic E-state index is 0.00537. The van der Waals surface area contributed by atoms with E-state index in [-0.39, 0.29) is 12.1 Å². The number of ether oxygens (including phenoxy) is 1. The molecule has 1 N–H and O–H groups in total. The second-order valence-corrected chi connectivity index (χ2v) is 4.86. The maximum Gasteiger partial charge on any atom is 0.410 e. The number of amides is 1. The SMILES string of the molecule is C/C=C\C=C(\CN(C)C(=O)OC(C)(C)C)C(=O)O. The number of rotatable bonds is 4. The highest BCUT2D eigenvalue weighted by Crippen LogP contribution is 2.10. The normalized spacial score (nSPS) is 12.6. The number of aliphatic carboxylic acids is 1. The Bertz CT molecular complexity index is 364. The van der Waals surface area contributed by atoms with E-state index >= 15 is 0 Å². The molecular weight excluding hydrogens is 234 g/mol. The average Bonchev–Trinajstić information content (AvgIpc) is 2.20. The first-order valence-electron chi connectivity index (χ1n) is 5.66. The van der Waals surface area contributed by atoms with Crippen molar-refractivity contribution in [1.29, 1.82) is 0 Å². The lowest BCUT2D eigenvalue weighted by Gasteiger charge is -2.24. The lowest BCUT2D eigenvalue weighted by molar-refractivity contribution is -0.132. The summed E-state index contributed by atoms with van der Waals surface area (Å²) in [6.45, 7) is 7.05. The van der Waals surface area contributed by atoms with Crippen molar-refractivity contribution in [3.8, 4) is 0 Å². The number of hydrogen-bond donors (Lipinski definition) is 1. The second kappa shape index (κ2) is 6.83. The average molecular weight is 255 g/mol. The van der Waals surface area contributed by atoms with Crippen LogP contribution in [-0.2, 0) is 9.53 Å². The van der Waals surface area contributed by atoms with E-state index in [2.05, 4.69) is 0 Å². The van der Waals surface area contributed by atoms with Gasteiger partial charge in [0.15, 0.2) is 0 Å². The van der Waals surface area contributed by atoms with Crippen LogP contribution in [0.5, 0.6) is 0 Å². The fourth-order valence-corrected chi connectivity index (χ4v) is 1.06. The Labute approximate surface area is 108 Å². The highest BCUT2D eigenvalue weighted by Gasteiger charge is 2.21. The van der Waals surface area contributed by atoms with Crippen LogP contribution in [-0.4, -0.2) is 41.3 Å². The Hall–Kier alpha value is -1.78. The molecule has 0 aliphatic heterocycles. The van der Waals surface area contributed by atoms with Crippen LogP contribution < -0.4 is 0 Å². The zero-order valence-corrected chi connectivity index (χ0v) is 11.6. The molecule has 0 saturated carbocycles. The molecule has 5 nitrogen and oxygen atoms in total. The van der Waals surface area contributed by atoms with Crippen molar-refractivity contribution in [1.82, 2.24) is 4.90 Å². The van der Waals surface area contributed by atoms with Gasteiger partial charge in [0.25, 0.3) is 0 Å². The molecule has 0 rings (SSSR count). The van der Waals surface area contributed by atoms with Gasteiger partial charge < -0.3 is 14.7 Å². The second-order valence-electron chi connectivity index (χ2n) is 4.86. The number of allylic oxidation sites excluding steroid dienone is 3. The van der Waals surface area contributed by atoms with E-state index in [1.54, 1.807) is 39.8 Å². The molecule has 0 saturated heterocycles. The molecule has 0 unspecified atom stereocenters. The summed E-state index contributed by atoms with van der Waals surface area (Å²) in [6.07, 6.45) is 4.25. The van der Waals surface area contributed by atoms with E-state index in [1.165, 1.54) is 18.0 Å². The molecule has 0 aliphatic carbocycles. The lowest BCUT2D eigenvalue weighted by atomic mass is 10.2. The fourth-order valence-electron chi connectivity index (χ4n) is 1.06. The third-order valence-corrected chi connectivity index (χ3v) is 1.88. The highest BCUT2D eigenvalue weighted by molar-refractivity contribution is 5.88. The van der Waals surface area contributed by atoms with E-state index in [9.17, 15) is 9.59 Å². The number of likely N-dealkylation sites (N-methyl/N-ethyl adjacent to an activating group) is 1. The smallest absolute Gasteiger partial charge is 0.410 e. The fraction of sp³-hybridized carbons (Fsp3) is 0.538. The van der Waals surface area contributed by atoms with Crippen LogP contribution in [0.3, 0.4) is 0 Å². The summed E-state index contributed by atoms with van der Waals surface area (Å²) in [5.74, 6) is -1.05. The summed E-state index contributed by atoms with van der Waals surface area (Å²) in [7, 11) is 1.50. The third kappa shape index (κ3) is 6.73. The van der Waals surface area contributed by atoms with Gasteiger partial charge in [-0.2, -0.15) is 0 Å². The van der Waals surface area contributed by atoms with E-state index in [0.29, 0.717) is 0 Å². The molecular formula is C13H21NO4. The Morgan fingerprint density at radius 3 is 2.28 bits per heavy atom. The van der Waals surface area contributed by atoms with Crippen LogP contribution in [0.1, 0.15) is 27.7 Å². The molecule has 0 heterocycles. The molecule has 0 radical (unpaired) electrons. The number of carbonyl (C=O) groups is 2. The largest absolute Gasteiger partial charge is 0.478 e. The van der Waals surface area contributed by atoms with Gasteiger partial charge in [0.2, 0.25) is 0 Å². The first-order chi connectivity index (χ1) is 8.17. The van der Waals surface area contributed by atoms with Crippen LogP contribution in [0.15, 0.2) is 23.8 Å². The molecule has 5 heteroatoms. The van der Waals surface area contributed by atoms with Crippen molar-refractivity contribution in [2.75, 3.05) is 13.6 Å². The van der Waals surface area contributed by atoms with Gasteiger partial charge >= 0.3 is 12.1 Å². The van der Waals surface area contributed by atoms with Gasteiger partial charge in [0, 0.05) is 7.05 Å². The van der Waals surface area contributed by atoms with E-state index in [4.69, 9.17) is 9.84 Å². The summed E-state index contributed by atoms with van der Waals surface area (Å²) in [5, 5.41) is 8.98. The van der Waals surface area contributed by atoms with Gasteiger partial charge in [-0.25, -0.2) is 9.59 Å². The standard InChI is InChI=1S/C13H21NO4/c1-6-7-8-10(11(15)16)9-14(5)12(17)18-13(2,3)4/h6-8H,9H2,1-5H3,(H,15,16)/b7-6-,10-8-. The molecule has 0 atom stereocenters. The van der Waals surface area contributed by atoms with Gasteiger partial charge in [-0.15, -0.1) is 0 Å². The van der Waals surface area contributed by atoms with Crippen molar-refractivity contribution in [2.45, 2.75) is 33.3 Å². The van der Waals surface area contributed by atoms with Crippen molar-refractivity contribution in [3.05, 3.63) is 23.8 Å². The number of carbonyl (C=O) groups excluding carboxylic acids is 1. The maximum atomic E-state index is 11.7. The Balaban J connectivity index is 4.66. The van der Waals surface area contributed by atoms with Gasteiger partial charge in [-0.3, -0.25) is 0 Å². The molecule has 0 aromatic carbocycles. The van der Waals surface area contributed by atoms with Crippen molar-refractivity contribution < 1.29 is 19.4 Å². The zero-order chi connectivity index (χ0) is 14.3. The minimum Gasteiger partial charge on any atom is -0.478 e. The van der Waals surface area contributed by atoms with Gasteiger partial charge in [-0.1, -0.05) is 18.2 Å². The van der Waals surface area contributed by atoms with Crippen molar-refractivity contribution in [2.24, 2.45) is 0 Å². The molecule has 0 aliphatic rings. The van der Waals surface area contributed by atoms with Crippen molar-refractivity contribution >= 4 is 12.1 Å². The quantitative estimate of drug-likeness (QED) is 0.619. The van der Waals surface area contributed by atoms with Crippen LogP contribution in [0.2, 0.25) is 0 Å². The van der Waals surface area contributed by atoms with Gasteiger partial charge in [-0.05, 0) is 27.7 Å². The molecule has 0 fully saturated rings. The molecule has 1 amide bonds. The van der Waals surface area contributed by atoms with Crippen LogP contribution in [0, 0.1) is 0 Å². The van der Waals surface area contributed by atoms with Gasteiger partial charge in [0.1, 0.15) is 5.60 Å². The highest BCUT2D eigenvalue weighted by atomic mass is 16.6. The summed E-state index contributed by atoms with van der Waals surface area (Å²) in [4.78, 5) is 23.9. The summed E-state index contributed by atoms with van der Waals surface area (Å²) in [5.41, 5.74) is -0.469. The topological polar surface area (TPSA) is 66.8 Å². The number of nitrogens with zero attached hydrogens (tertiary/aromatic N) is 1. The summed E-state index contributed by atoms with van der Waals surface area (Å²) >= 11 is 0. The maximum absolute atomic E-state index is 11.7. The zero-order valence-electron chi connectivity index (χ0n) is 11.6. The lowest BCUT2D eigenvalue weighted by Crippen LogP contribution is -2.36. The monoisotopic (exact) mass is 255 g/mol. The molecule has 102 valence electrons. The molecule has 18 heavy (non-hydrogen) atoms. The van der Waals surface area contributed by atoms with E-state index in [0.717, 1.165) is 0 Å². The van der Waals surface area contributed by atoms with E-state index < -0.39 is 17.7 Å². The Morgan fingerprint density at radius 2 is 1.89 bits per heavy atom. The first kappa shape index (κ1) is 16.2.